The highest BCUT2D eigenvalue weighted by atomic mass is 16.5. The molecule has 0 bridgehead atoms. The summed E-state index contributed by atoms with van der Waals surface area (Å²) in [7, 11) is 1.37. The second-order valence-corrected chi connectivity index (χ2v) is 2.64. The third-order valence-corrected chi connectivity index (χ3v) is 1.83. The quantitative estimate of drug-likeness (QED) is 0.577. The molecule has 1 rings (SSSR count). The first-order valence-corrected chi connectivity index (χ1v) is 3.92. The molecule has 12 heavy (non-hydrogen) atoms. The number of carbonyl (C=O) groups is 1. The number of nitrogens with two attached hydrogens (primary N) is 1. The van der Waals surface area contributed by atoms with E-state index in [0.29, 0.717) is 26.2 Å². The minimum atomic E-state index is -0.309. The summed E-state index contributed by atoms with van der Waals surface area (Å²) in [5.74, 6) is 0. The minimum Gasteiger partial charge on any atom is -0.453 e. The molecule has 0 saturated carbocycles. The van der Waals surface area contributed by atoms with Crippen molar-refractivity contribution in [3.8, 4) is 0 Å². The fraction of sp³-hybridized carbons (Fsp3) is 0.857. The topological polar surface area (TPSA) is 64.8 Å². The molecular formula is C7H14N2O3. The van der Waals surface area contributed by atoms with E-state index in [-0.39, 0.29) is 12.2 Å². The molecule has 0 radical (unpaired) electrons. The number of hydrogen-bond donors (Lipinski definition) is 1. The minimum absolute atomic E-state index is 0.0437. The summed E-state index contributed by atoms with van der Waals surface area (Å²) >= 11 is 0. The van der Waals surface area contributed by atoms with Crippen molar-refractivity contribution in [2.45, 2.75) is 6.10 Å². The van der Waals surface area contributed by atoms with E-state index in [1.165, 1.54) is 7.11 Å². The number of carbonyl (C=O) groups excluding carboxylic acids is 1. The number of amides is 1. The number of hydrogen-bond acceptors (Lipinski definition) is 4. The first-order valence-electron chi connectivity index (χ1n) is 3.92. The van der Waals surface area contributed by atoms with E-state index < -0.39 is 0 Å². The van der Waals surface area contributed by atoms with E-state index >= 15 is 0 Å². The van der Waals surface area contributed by atoms with Crippen LogP contribution in [0.25, 0.3) is 0 Å². The number of rotatable bonds is 1. The highest BCUT2D eigenvalue weighted by Crippen LogP contribution is 2.04. The number of ether oxygens (including phenoxy) is 2. The molecule has 0 aromatic carbocycles. The summed E-state index contributed by atoms with van der Waals surface area (Å²) in [5.41, 5.74) is 5.40. The van der Waals surface area contributed by atoms with E-state index in [0.717, 1.165) is 0 Å². The Bertz CT molecular complexity index is 163. The van der Waals surface area contributed by atoms with Crippen LogP contribution in [0.4, 0.5) is 4.79 Å². The molecule has 1 amide bonds. The Labute approximate surface area is 71.4 Å². The second kappa shape index (κ2) is 4.27. The molecule has 0 aliphatic carbocycles. The standard InChI is InChI=1S/C7H14N2O3/c1-11-7(10)9-2-3-12-6(4-8)5-9/h6H,2-5,8H2,1H3/t6-/m0/s1. The van der Waals surface area contributed by atoms with Crippen LogP contribution in [-0.4, -0.2) is 50.4 Å². The lowest BCUT2D eigenvalue weighted by Crippen LogP contribution is -2.48. The Morgan fingerprint density at radius 3 is 3.17 bits per heavy atom. The Morgan fingerprint density at radius 1 is 1.83 bits per heavy atom. The van der Waals surface area contributed by atoms with Crippen LogP contribution >= 0.6 is 0 Å². The van der Waals surface area contributed by atoms with Crippen LogP contribution < -0.4 is 5.73 Å². The van der Waals surface area contributed by atoms with Crippen molar-refractivity contribution in [2.24, 2.45) is 5.73 Å². The SMILES string of the molecule is COC(=O)N1CCO[C@@H](CN)C1. The molecule has 1 aliphatic rings. The molecule has 0 spiro atoms. The maximum absolute atomic E-state index is 11.0. The summed E-state index contributed by atoms with van der Waals surface area (Å²) in [6, 6.07) is 0. The van der Waals surface area contributed by atoms with E-state index in [4.69, 9.17) is 10.5 Å². The zero-order chi connectivity index (χ0) is 8.97. The molecular weight excluding hydrogens is 160 g/mol. The van der Waals surface area contributed by atoms with Gasteiger partial charge in [0.1, 0.15) is 0 Å². The van der Waals surface area contributed by atoms with Gasteiger partial charge in [-0.05, 0) is 0 Å². The van der Waals surface area contributed by atoms with Crippen LogP contribution in [0.5, 0.6) is 0 Å². The molecule has 0 aromatic heterocycles. The maximum Gasteiger partial charge on any atom is 0.409 e. The van der Waals surface area contributed by atoms with Gasteiger partial charge in [-0.25, -0.2) is 4.79 Å². The van der Waals surface area contributed by atoms with Gasteiger partial charge >= 0.3 is 6.09 Å². The Kier molecular flexibility index (Phi) is 3.31. The molecule has 1 atom stereocenters. The molecule has 70 valence electrons. The van der Waals surface area contributed by atoms with Crippen molar-refractivity contribution in [3.63, 3.8) is 0 Å². The van der Waals surface area contributed by atoms with Crippen molar-refractivity contribution in [1.29, 1.82) is 0 Å². The van der Waals surface area contributed by atoms with Gasteiger partial charge in [0, 0.05) is 13.1 Å². The van der Waals surface area contributed by atoms with Gasteiger partial charge in [0.15, 0.2) is 0 Å². The van der Waals surface area contributed by atoms with Crippen LogP contribution in [-0.2, 0) is 9.47 Å². The first kappa shape index (κ1) is 9.28. The zero-order valence-corrected chi connectivity index (χ0v) is 7.16. The molecule has 0 aromatic rings. The lowest BCUT2D eigenvalue weighted by molar-refractivity contribution is -0.0195. The van der Waals surface area contributed by atoms with Crippen LogP contribution in [0, 0.1) is 0 Å². The molecule has 0 unspecified atom stereocenters. The monoisotopic (exact) mass is 174 g/mol. The summed E-state index contributed by atoms with van der Waals surface area (Å²) in [6.07, 6.45) is -0.352. The highest BCUT2D eigenvalue weighted by Gasteiger charge is 2.23. The van der Waals surface area contributed by atoms with Crippen molar-refractivity contribution in [3.05, 3.63) is 0 Å². The average Bonchev–Trinajstić information content (AvgIpc) is 2.17. The Hall–Kier alpha value is -0.810. The summed E-state index contributed by atoms with van der Waals surface area (Å²) in [6.45, 7) is 2.09. The molecule has 5 heteroatoms. The molecule has 1 heterocycles. The average molecular weight is 174 g/mol. The van der Waals surface area contributed by atoms with Crippen molar-refractivity contribution >= 4 is 6.09 Å². The Morgan fingerprint density at radius 2 is 2.58 bits per heavy atom. The second-order valence-electron chi connectivity index (χ2n) is 2.64. The predicted molar refractivity (Wildman–Crippen MR) is 42.8 cm³/mol. The van der Waals surface area contributed by atoms with Gasteiger partial charge < -0.3 is 20.1 Å². The largest absolute Gasteiger partial charge is 0.453 e. The van der Waals surface area contributed by atoms with Crippen LogP contribution in [0.2, 0.25) is 0 Å². The maximum atomic E-state index is 11.0. The van der Waals surface area contributed by atoms with Crippen molar-refractivity contribution < 1.29 is 14.3 Å². The zero-order valence-electron chi connectivity index (χ0n) is 7.16. The van der Waals surface area contributed by atoms with Crippen LogP contribution in [0.3, 0.4) is 0 Å². The number of methoxy groups -OCH3 is 1. The van der Waals surface area contributed by atoms with Gasteiger partial charge in [0.2, 0.25) is 0 Å². The normalized spacial score (nSPS) is 23.8. The van der Waals surface area contributed by atoms with Crippen molar-refractivity contribution in [2.75, 3.05) is 33.4 Å². The predicted octanol–water partition coefficient (Wildman–Crippen LogP) is -0.588. The molecule has 1 fully saturated rings. The van der Waals surface area contributed by atoms with Gasteiger partial charge in [-0.1, -0.05) is 0 Å². The van der Waals surface area contributed by atoms with Crippen LogP contribution in [0.1, 0.15) is 0 Å². The number of morpholine rings is 1. The van der Waals surface area contributed by atoms with Crippen molar-refractivity contribution in [1.82, 2.24) is 4.90 Å². The van der Waals surface area contributed by atoms with Gasteiger partial charge in [-0.2, -0.15) is 0 Å². The lowest BCUT2D eigenvalue weighted by Gasteiger charge is -2.31. The third-order valence-electron chi connectivity index (χ3n) is 1.83. The van der Waals surface area contributed by atoms with Gasteiger partial charge in [0.25, 0.3) is 0 Å². The molecule has 5 nitrogen and oxygen atoms in total. The lowest BCUT2D eigenvalue weighted by atomic mass is 10.3. The number of nitrogens with zero attached hydrogens (tertiary/aromatic N) is 1. The van der Waals surface area contributed by atoms with Gasteiger partial charge in [-0.3, -0.25) is 0 Å². The molecule has 1 aliphatic heterocycles. The Balaban J connectivity index is 2.40. The molecule has 2 N–H and O–H groups in total. The smallest absolute Gasteiger partial charge is 0.409 e. The fourth-order valence-corrected chi connectivity index (χ4v) is 1.16. The van der Waals surface area contributed by atoms with Gasteiger partial charge in [-0.15, -0.1) is 0 Å². The van der Waals surface area contributed by atoms with Gasteiger partial charge in [0.05, 0.1) is 26.4 Å². The highest BCUT2D eigenvalue weighted by molar-refractivity contribution is 5.67. The fourth-order valence-electron chi connectivity index (χ4n) is 1.16. The third kappa shape index (κ3) is 2.09. The summed E-state index contributed by atoms with van der Waals surface area (Å²) < 4.78 is 9.85. The van der Waals surface area contributed by atoms with E-state index in [1.807, 2.05) is 0 Å². The van der Waals surface area contributed by atoms with E-state index in [9.17, 15) is 4.79 Å². The first-order chi connectivity index (χ1) is 5.77. The van der Waals surface area contributed by atoms with Crippen LogP contribution in [0.15, 0.2) is 0 Å². The summed E-state index contributed by atoms with van der Waals surface area (Å²) in [4.78, 5) is 12.6. The van der Waals surface area contributed by atoms with E-state index in [2.05, 4.69) is 4.74 Å². The van der Waals surface area contributed by atoms with E-state index in [1.54, 1.807) is 4.90 Å². The molecule has 1 saturated heterocycles. The summed E-state index contributed by atoms with van der Waals surface area (Å²) in [5, 5.41) is 0.